The maximum Gasteiger partial charge on any atom is 0.241 e. The molecule has 0 fully saturated rings. The van der Waals surface area contributed by atoms with E-state index < -0.39 is 0 Å². The first-order valence-corrected chi connectivity index (χ1v) is 8.96. The van der Waals surface area contributed by atoms with Crippen LogP contribution in [0.25, 0.3) is 0 Å². The van der Waals surface area contributed by atoms with E-state index in [1.54, 1.807) is 30.3 Å². The van der Waals surface area contributed by atoms with Gasteiger partial charge in [0.2, 0.25) is 5.91 Å². The summed E-state index contributed by atoms with van der Waals surface area (Å²) < 4.78 is 0. The van der Waals surface area contributed by atoms with Crippen LogP contribution in [0.4, 0.5) is 0 Å². The van der Waals surface area contributed by atoms with E-state index in [1.807, 2.05) is 37.3 Å². The minimum absolute atomic E-state index is 0.00449. The number of nitrogens with one attached hydrogen (secondary N) is 2. The molecule has 0 saturated carbocycles. The Morgan fingerprint density at radius 3 is 2.52 bits per heavy atom. The average molecular weight is 359 g/mol. The molecule has 0 bridgehead atoms. The van der Waals surface area contributed by atoms with E-state index in [9.17, 15) is 4.79 Å². The molecule has 2 aromatic rings. The van der Waals surface area contributed by atoms with E-state index in [0.717, 1.165) is 16.3 Å². The molecule has 2 rings (SSSR count). The van der Waals surface area contributed by atoms with Crippen LogP contribution in [0.5, 0.6) is 0 Å². The smallest absolute Gasteiger partial charge is 0.241 e. The number of hydrogen-bond acceptors (Lipinski definition) is 4. The highest BCUT2D eigenvalue weighted by Gasteiger charge is 2.08. The first kappa shape index (κ1) is 18.9. The number of guanidine groups is 1. The maximum atomic E-state index is 11.8. The van der Waals surface area contributed by atoms with E-state index in [-0.39, 0.29) is 12.5 Å². The van der Waals surface area contributed by atoms with Gasteiger partial charge in [0.15, 0.2) is 5.96 Å². The molecule has 134 valence electrons. The van der Waals surface area contributed by atoms with Gasteiger partial charge in [-0.15, -0.1) is 11.3 Å². The fourth-order valence-electron chi connectivity index (χ4n) is 2.02. The second-order valence-corrected chi connectivity index (χ2v) is 7.18. The van der Waals surface area contributed by atoms with Crippen molar-refractivity contribution in [2.75, 3.05) is 20.6 Å². The lowest BCUT2D eigenvalue weighted by molar-refractivity contribution is -0.127. The van der Waals surface area contributed by atoms with Crippen molar-refractivity contribution < 1.29 is 4.79 Å². The third-order valence-corrected chi connectivity index (χ3v) is 4.72. The van der Waals surface area contributed by atoms with Crippen molar-refractivity contribution in [2.24, 2.45) is 4.99 Å². The molecular formula is C18H25N5OS. The number of benzene rings is 1. The van der Waals surface area contributed by atoms with Crippen molar-refractivity contribution in [1.82, 2.24) is 20.5 Å². The summed E-state index contributed by atoms with van der Waals surface area (Å²) in [6.07, 6.45) is 0. The Hall–Kier alpha value is -2.41. The van der Waals surface area contributed by atoms with Gasteiger partial charge in [0.1, 0.15) is 5.01 Å². The van der Waals surface area contributed by atoms with E-state index >= 15 is 0 Å². The SMILES string of the molecule is Cc1nc(CNC(=NCc2ccccc2)NCC(=O)N(C)C)sc1C. The van der Waals surface area contributed by atoms with Crippen LogP contribution < -0.4 is 10.6 Å². The molecule has 0 unspecified atom stereocenters. The van der Waals surface area contributed by atoms with Gasteiger partial charge in [-0.05, 0) is 19.4 Å². The molecule has 0 aliphatic rings. The summed E-state index contributed by atoms with van der Waals surface area (Å²) in [5.74, 6) is 0.597. The number of carbonyl (C=O) groups is 1. The molecule has 2 N–H and O–H groups in total. The molecule has 0 radical (unpaired) electrons. The average Bonchev–Trinajstić information content (AvgIpc) is 2.92. The van der Waals surface area contributed by atoms with Gasteiger partial charge in [0.05, 0.1) is 25.3 Å². The third kappa shape index (κ3) is 6.19. The number of thiazole rings is 1. The largest absolute Gasteiger partial charge is 0.350 e. The number of aromatic nitrogens is 1. The molecule has 1 heterocycles. The van der Waals surface area contributed by atoms with Crippen molar-refractivity contribution in [3.05, 3.63) is 51.5 Å². The highest BCUT2D eigenvalue weighted by Crippen LogP contribution is 2.15. The molecule has 25 heavy (non-hydrogen) atoms. The second-order valence-electron chi connectivity index (χ2n) is 5.89. The Kier molecular flexibility index (Phi) is 6.94. The fraction of sp³-hybridized carbons (Fsp3) is 0.389. The predicted molar refractivity (Wildman–Crippen MR) is 103 cm³/mol. The van der Waals surface area contributed by atoms with Gasteiger partial charge in [0, 0.05) is 19.0 Å². The van der Waals surface area contributed by atoms with Crippen molar-refractivity contribution >= 4 is 23.2 Å². The number of likely N-dealkylation sites (N-methyl/N-ethyl adjacent to an activating group) is 1. The number of aryl methyl sites for hydroxylation is 2. The Morgan fingerprint density at radius 2 is 1.92 bits per heavy atom. The normalized spacial score (nSPS) is 11.3. The maximum absolute atomic E-state index is 11.8. The van der Waals surface area contributed by atoms with Crippen LogP contribution in [0.1, 0.15) is 21.1 Å². The summed E-state index contributed by atoms with van der Waals surface area (Å²) in [6, 6.07) is 10.0. The van der Waals surface area contributed by atoms with Crippen LogP contribution >= 0.6 is 11.3 Å². The monoisotopic (exact) mass is 359 g/mol. The summed E-state index contributed by atoms with van der Waals surface area (Å²) in [7, 11) is 3.47. The van der Waals surface area contributed by atoms with Crippen molar-refractivity contribution in [3.8, 4) is 0 Å². The predicted octanol–water partition coefficient (Wildman–Crippen LogP) is 2.08. The Labute approximate surface area is 153 Å². The van der Waals surface area contributed by atoms with Gasteiger partial charge >= 0.3 is 0 Å². The third-order valence-electron chi connectivity index (χ3n) is 3.65. The Balaban J connectivity index is 2.00. The minimum atomic E-state index is -0.00449. The molecule has 0 aliphatic heterocycles. The number of amides is 1. The molecule has 0 atom stereocenters. The van der Waals surface area contributed by atoms with Gasteiger partial charge in [-0.3, -0.25) is 4.79 Å². The number of hydrogen-bond donors (Lipinski definition) is 2. The zero-order chi connectivity index (χ0) is 18.2. The van der Waals surface area contributed by atoms with Crippen LogP contribution in [-0.4, -0.2) is 42.4 Å². The molecule has 1 amide bonds. The van der Waals surface area contributed by atoms with E-state index in [2.05, 4.69) is 27.5 Å². The van der Waals surface area contributed by atoms with Crippen LogP contribution in [0.3, 0.4) is 0 Å². The standard InChI is InChI=1S/C18H25N5OS/c1-13-14(2)25-16(22-13)11-20-18(21-12-17(24)23(3)4)19-10-15-8-6-5-7-9-15/h5-9H,10-12H2,1-4H3,(H2,19,20,21). The molecule has 1 aromatic carbocycles. The van der Waals surface area contributed by atoms with E-state index in [4.69, 9.17) is 0 Å². The first-order chi connectivity index (χ1) is 12.0. The first-order valence-electron chi connectivity index (χ1n) is 8.15. The zero-order valence-corrected chi connectivity index (χ0v) is 16.0. The van der Waals surface area contributed by atoms with Crippen molar-refractivity contribution in [3.63, 3.8) is 0 Å². The lowest BCUT2D eigenvalue weighted by atomic mass is 10.2. The van der Waals surface area contributed by atoms with Gasteiger partial charge in [-0.25, -0.2) is 9.98 Å². The summed E-state index contributed by atoms with van der Waals surface area (Å²) >= 11 is 1.67. The number of aliphatic imine (C=N–C) groups is 1. The molecular weight excluding hydrogens is 334 g/mol. The van der Waals surface area contributed by atoms with Crippen molar-refractivity contribution in [1.29, 1.82) is 0 Å². The second kappa shape index (κ2) is 9.17. The molecule has 0 aliphatic carbocycles. The topological polar surface area (TPSA) is 69.6 Å². The van der Waals surface area contributed by atoms with Gasteiger partial charge < -0.3 is 15.5 Å². The highest BCUT2D eigenvalue weighted by molar-refractivity contribution is 7.11. The number of rotatable bonds is 6. The van der Waals surface area contributed by atoms with Crippen molar-refractivity contribution in [2.45, 2.75) is 26.9 Å². The zero-order valence-electron chi connectivity index (χ0n) is 15.2. The fourth-order valence-corrected chi connectivity index (χ4v) is 2.89. The van der Waals surface area contributed by atoms with Crippen LogP contribution in [0.2, 0.25) is 0 Å². The summed E-state index contributed by atoms with van der Waals surface area (Å²) in [5, 5.41) is 7.35. The quantitative estimate of drug-likeness (QED) is 0.612. The minimum Gasteiger partial charge on any atom is -0.350 e. The molecule has 1 aromatic heterocycles. The van der Waals surface area contributed by atoms with Crippen LogP contribution in [0, 0.1) is 13.8 Å². The van der Waals surface area contributed by atoms with E-state index in [0.29, 0.717) is 19.0 Å². The number of carbonyl (C=O) groups excluding carboxylic acids is 1. The molecule has 0 saturated heterocycles. The Bertz CT molecular complexity index is 705. The van der Waals surface area contributed by atoms with Gasteiger partial charge in [-0.1, -0.05) is 30.3 Å². The lowest BCUT2D eigenvalue weighted by Gasteiger charge is -2.14. The van der Waals surface area contributed by atoms with Crippen LogP contribution in [-0.2, 0) is 17.9 Å². The summed E-state index contributed by atoms with van der Waals surface area (Å²) in [5.41, 5.74) is 2.17. The number of nitrogens with zero attached hydrogens (tertiary/aromatic N) is 3. The highest BCUT2D eigenvalue weighted by atomic mass is 32.1. The van der Waals surface area contributed by atoms with Crippen LogP contribution in [0.15, 0.2) is 35.3 Å². The lowest BCUT2D eigenvalue weighted by Crippen LogP contribution is -2.42. The molecule has 0 spiro atoms. The molecule has 6 nitrogen and oxygen atoms in total. The van der Waals surface area contributed by atoms with Gasteiger partial charge in [0.25, 0.3) is 0 Å². The Morgan fingerprint density at radius 1 is 1.20 bits per heavy atom. The van der Waals surface area contributed by atoms with Gasteiger partial charge in [-0.2, -0.15) is 0 Å². The summed E-state index contributed by atoms with van der Waals surface area (Å²) in [6.45, 7) is 5.39. The molecule has 7 heteroatoms. The summed E-state index contributed by atoms with van der Waals surface area (Å²) in [4.78, 5) is 23.7. The van der Waals surface area contributed by atoms with E-state index in [1.165, 1.54) is 4.88 Å².